The van der Waals surface area contributed by atoms with Gasteiger partial charge in [-0.2, -0.15) is 0 Å². The molecule has 2 rings (SSSR count). The lowest BCUT2D eigenvalue weighted by atomic mass is 10.3. The van der Waals surface area contributed by atoms with Gasteiger partial charge in [-0.3, -0.25) is 0 Å². The van der Waals surface area contributed by atoms with Crippen LogP contribution in [0.2, 0.25) is 0 Å². The van der Waals surface area contributed by atoms with Gasteiger partial charge in [0.1, 0.15) is 5.75 Å². The summed E-state index contributed by atoms with van der Waals surface area (Å²) in [5.74, 6) is 0.677. The zero-order valence-corrected chi connectivity index (χ0v) is 12.4. The van der Waals surface area contributed by atoms with Crippen molar-refractivity contribution in [3.8, 4) is 5.75 Å². The third-order valence-corrected chi connectivity index (χ3v) is 3.23. The molecule has 0 aromatic heterocycles. The SMILES string of the molecule is COc1cccc(NC(=O)Nc2ccc(N)cc2Br)c1. The van der Waals surface area contributed by atoms with E-state index >= 15 is 0 Å². The van der Waals surface area contributed by atoms with Gasteiger partial charge in [-0.05, 0) is 46.3 Å². The minimum atomic E-state index is -0.344. The largest absolute Gasteiger partial charge is 0.497 e. The lowest BCUT2D eigenvalue weighted by molar-refractivity contribution is 0.262. The number of carbonyl (C=O) groups excluding carboxylic acids is 1. The molecule has 0 saturated carbocycles. The van der Waals surface area contributed by atoms with E-state index in [2.05, 4.69) is 26.6 Å². The molecule has 5 nitrogen and oxygen atoms in total. The fraction of sp³-hybridized carbons (Fsp3) is 0.0714. The van der Waals surface area contributed by atoms with Crippen molar-refractivity contribution >= 4 is 39.0 Å². The molecule has 0 unspecified atom stereocenters. The molecule has 2 aromatic carbocycles. The molecule has 4 N–H and O–H groups in total. The van der Waals surface area contributed by atoms with Gasteiger partial charge in [0.2, 0.25) is 0 Å². The summed E-state index contributed by atoms with van der Waals surface area (Å²) in [6.07, 6.45) is 0. The van der Waals surface area contributed by atoms with Crippen LogP contribution in [0.15, 0.2) is 46.9 Å². The maximum Gasteiger partial charge on any atom is 0.323 e. The first-order valence-corrected chi connectivity index (χ1v) is 6.65. The highest BCUT2D eigenvalue weighted by Gasteiger charge is 2.06. The summed E-state index contributed by atoms with van der Waals surface area (Å²) in [6, 6.07) is 11.9. The molecule has 104 valence electrons. The fourth-order valence-corrected chi connectivity index (χ4v) is 2.11. The topological polar surface area (TPSA) is 76.4 Å². The Kier molecular flexibility index (Phi) is 4.47. The van der Waals surface area contributed by atoms with E-state index in [9.17, 15) is 4.79 Å². The van der Waals surface area contributed by atoms with Crippen LogP contribution in [0.3, 0.4) is 0 Å². The molecule has 0 fully saturated rings. The van der Waals surface area contributed by atoms with Crippen LogP contribution in [0.5, 0.6) is 5.75 Å². The normalized spacial score (nSPS) is 9.90. The summed E-state index contributed by atoms with van der Waals surface area (Å²) in [5.41, 5.74) is 7.55. The van der Waals surface area contributed by atoms with E-state index in [1.54, 1.807) is 49.6 Å². The maximum absolute atomic E-state index is 11.9. The number of urea groups is 1. The molecule has 0 radical (unpaired) electrons. The Bertz CT molecular complexity index is 632. The number of benzene rings is 2. The van der Waals surface area contributed by atoms with Crippen molar-refractivity contribution in [2.24, 2.45) is 0 Å². The molecule has 6 heteroatoms. The number of hydrogen-bond acceptors (Lipinski definition) is 3. The number of nitrogens with two attached hydrogens (primary N) is 1. The van der Waals surface area contributed by atoms with Crippen molar-refractivity contribution in [3.05, 3.63) is 46.9 Å². The molecular weight excluding hydrogens is 322 g/mol. The van der Waals surface area contributed by atoms with E-state index in [4.69, 9.17) is 10.5 Å². The Morgan fingerprint density at radius 2 is 2.00 bits per heavy atom. The first-order valence-electron chi connectivity index (χ1n) is 5.85. The number of carbonyl (C=O) groups is 1. The van der Waals surface area contributed by atoms with Gasteiger partial charge in [0.25, 0.3) is 0 Å². The Balaban J connectivity index is 2.05. The average molecular weight is 336 g/mol. The summed E-state index contributed by atoms with van der Waals surface area (Å²) in [5, 5.41) is 5.45. The monoisotopic (exact) mass is 335 g/mol. The van der Waals surface area contributed by atoms with Gasteiger partial charge in [0, 0.05) is 21.9 Å². The third-order valence-electron chi connectivity index (χ3n) is 2.57. The number of rotatable bonds is 3. The summed E-state index contributed by atoms with van der Waals surface area (Å²) in [6.45, 7) is 0. The standard InChI is InChI=1S/C14H14BrN3O2/c1-20-11-4-2-3-10(8-11)17-14(19)18-13-6-5-9(16)7-12(13)15/h2-8H,16H2,1H3,(H2,17,18,19). The van der Waals surface area contributed by atoms with E-state index in [0.717, 1.165) is 4.47 Å². The fourth-order valence-electron chi connectivity index (χ4n) is 1.62. The predicted molar refractivity (Wildman–Crippen MR) is 84.2 cm³/mol. The van der Waals surface area contributed by atoms with E-state index in [0.29, 0.717) is 22.8 Å². The summed E-state index contributed by atoms with van der Waals surface area (Å²) >= 11 is 3.34. The van der Waals surface area contributed by atoms with Crippen molar-refractivity contribution in [2.45, 2.75) is 0 Å². The van der Waals surface area contributed by atoms with Crippen LogP contribution in [0, 0.1) is 0 Å². The van der Waals surface area contributed by atoms with Gasteiger partial charge in [0.15, 0.2) is 0 Å². The molecule has 0 heterocycles. The molecule has 0 spiro atoms. The summed E-state index contributed by atoms with van der Waals surface area (Å²) in [4.78, 5) is 11.9. The second-order valence-electron chi connectivity index (χ2n) is 4.05. The number of halogens is 1. The highest BCUT2D eigenvalue weighted by molar-refractivity contribution is 9.10. The number of methoxy groups -OCH3 is 1. The second-order valence-corrected chi connectivity index (χ2v) is 4.90. The van der Waals surface area contributed by atoms with Crippen molar-refractivity contribution in [1.82, 2.24) is 0 Å². The molecule has 20 heavy (non-hydrogen) atoms. The lowest BCUT2D eigenvalue weighted by Gasteiger charge is -2.10. The first kappa shape index (κ1) is 14.2. The van der Waals surface area contributed by atoms with Gasteiger partial charge in [-0.15, -0.1) is 0 Å². The quantitative estimate of drug-likeness (QED) is 0.748. The number of nitrogens with one attached hydrogen (secondary N) is 2. The molecule has 0 saturated heterocycles. The third kappa shape index (κ3) is 3.64. The summed E-state index contributed by atoms with van der Waals surface area (Å²) in [7, 11) is 1.57. The van der Waals surface area contributed by atoms with Crippen LogP contribution in [-0.4, -0.2) is 13.1 Å². The molecule has 0 aliphatic heterocycles. The van der Waals surface area contributed by atoms with E-state index in [1.807, 2.05) is 0 Å². The number of anilines is 3. The second kappa shape index (κ2) is 6.29. The van der Waals surface area contributed by atoms with Gasteiger partial charge >= 0.3 is 6.03 Å². The average Bonchev–Trinajstić information content (AvgIpc) is 2.42. The van der Waals surface area contributed by atoms with Crippen molar-refractivity contribution in [2.75, 3.05) is 23.5 Å². The van der Waals surface area contributed by atoms with Crippen molar-refractivity contribution in [1.29, 1.82) is 0 Å². The van der Waals surface area contributed by atoms with Crippen LogP contribution in [-0.2, 0) is 0 Å². The van der Waals surface area contributed by atoms with Crippen molar-refractivity contribution < 1.29 is 9.53 Å². The van der Waals surface area contributed by atoms with Gasteiger partial charge in [-0.1, -0.05) is 6.07 Å². The van der Waals surface area contributed by atoms with Crippen LogP contribution >= 0.6 is 15.9 Å². The molecule has 2 aromatic rings. The van der Waals surface area contributed by atoms with Crippen LogP contribution < -0.4 is 21.1 Å². The maximum atomic E-state index is 11.9. The minimum Gasteiger partial charge on any atom is -0.497 e. The number of amides is 2. The van der Waals surface area contributed by atoms with E-state index < -0.39 is 0 Å². The zero-order valence-electron chi connectivity index (χ0n) is 10.8. The van der Waals surface area contributed by atoms with E-state index in [-0.39, 0.29) is 6.03 Å². The smallest absolute Gasteiger partial charge is 0.323 e. The minimum absolute atomic E-state index is 0.344. The lowest BCUT2D eigenvalue weighted by Crippen LogP contribution is -2.19. The van der Waals surface area contributed by atoms with E-state index in [1.165, 1.54) is 0 Å². The Morgan fingerprint density at radius 3 is 2.70 bits per heavy atom. The number of hydrogen-bond donors (Lipinski definition) is 3. The number of ether oxygens (including phenoxy) is 1. The van der Waals surface area contributed by atoms with Gasteiger partial charge in [0.05, 0.1) is 12.8 Å². The zero-order chi connectivity index (χ0) is 14.5. The molecule has 2 amide bonds. The number of nitrogen functional groups attached to an aromatic ring is 1. The van der Waals surface area contributed by atoms with Crippen LogP contribution in [0.25, 0.3) is 0 Å². The highest BCUT2D eigenvalue weighted by atomic mass is 79.9. The molecule has 0 bridgehead atoms. The summed E-state index contributed by atoms with van der Waals surface area (Å²) < 4.78 is 5.81. The van der Waals surface area contributed by atoms with Gasteiger partial charge in [-0.25, -0.2) is 4.79 Å². The first-order chi connectivity index (χ1) is 9.58. The molecule has 0 aliphatic carbocycles. The van der Waals surface area contributed by atoms with Gasteiger partial charge < -0.3 is 21.1 Å². The van der Waals surface area contributed by atoms with Crippen molar-refractivity contribution in [3.63, 3.8) is 0 Å². The highest BCUT2D eigenvalue weighted by Crippen LogP contribution is 2.25. The Morgan fingerprint density at radius 1 is 1.20 bits per heavy atom. The molecule has 0 atom stereocenters. The Labute approximate surface area is 125 Å². The molecule has 0 aliphatic rings. The Hall–Kier alpha value is -2.21. The van der Waals surface area contributed by atoms with Crippen LogP contribution in [0.4, 0.5) is 21.9 Å². The molecular formula is C14H14BrN3O2. The van der Waals surface area contributed by atoms with Crippen LogP contribution in [0.1, 0.15) is 0 Å². The predicted octanol–water partition coefficient (Wildman–Crippen LogP) is 3.68.